The van der Waals surface area contributed by atoms with Crippen LogP contribution in [-0.4, -0.2) is 26.3 Å². The van der Waals surface area contributed by atoms with Crippen LogP contribution in [0.15, 0.2) is 16.8 Å². The summed E-state index contributed by atoms with van der Waals surface area (Å²) in [5, 5.41) is 7.81. The van der Waals surface area contributed by atoms with E-state index in [1.807, 2.05) is 0 Å². The second-order valence-corrected chi connectivity index (χ2v) is 5.99. The van der Waals surface area contributed by atoms with Crippen molar-refractivity contribution in [2.45, 2.75) is 38.5 Å². The first-order chi connectivity index (χ1) is 8.95. The van der Waals surface area contributed by atoms with Crippen molar-refractivity contribution in [3.05, 3.63) is 22.4 Å². The Balaban J connectivity index is 1.39. The molecule has 0 unspecified atom stereocenters. The summed E-state index contributed by atoms with van der Waals surface area (Å²) in [7, 11) is 0. The Kier molecular flexibility index (Phi) is 6.77. The van der Waals surface area contributed by atoms with Crippen molar-refractivity contribution in [1.29, 1.82) is 0 Å². The van der Waals surface area contributed by atoms with Crippen molar-refractivity contribution < 1.29 is 4.74 Å². The number of hydrogen-bond donors (Lipinski definition) is 1. The molecule has 0 amide bonds. The second-order valence-electron chi connectivity index (χ2n) is 5.21. The van der Waals surface area contributed by atoms with Crippen molar-refractivity contribution in [2.75, 3.05) is 26.3 Å². The van der Waals surface area contributed by atoms with Crippen molar-refractivity contribution in [3.8, 4) is 0 Å². The SMILES string of the molecule is c1cc(CCNCCOCC2CCCCC2)cs1. The molecule has 102 valence electrons. The highest BCUT2D eigenvalue weighted by Crippen LogP contribution is 2.23. The topological polar surface area (TPSA) is 21.3 Å². The highest BCUT2D eigenvalue weighted by atomic mass is 32.1. The van der Waals surface area contributed by atoms with E-state index in [9.17, 15) is 0 Å². The van der Waals surface area contributed by atoms with Crippen LogP contribution in [0.25, 0.3) is 0 Å². The summed E-state index contributed by atoms with van der Waals surface area (Å²) in [4.78, 5) is 0. The Labute approximate surface area is 115 Å². The third-order valence-corrected chi connectivity index (χ3v) is 4.40. The summed E-state index contributed by atoms with van der Waals surface area (Å²) < 4.78 is 5.75. The standard InChI is InChI=1S/C15H25NOS/c1-2-4-14(5-3-1)12-17-10-9-16-8-6-15-7-11-18-13-15/h7,11,13-14,16H,1-6,8-10,12H2. The van der Waals surface area contributed by atoms with E-state index in [1.165, 1.54) is 37.7 Å². The van der Waals surface area contributed by atoms with Gasteiger partial charge in [0, 0.05) is 13.2 Å². The van der Waals surface area contributed by atoms with E-state index in [-0.39, 0.29) is 0 Å². The van der Waals surface area contributed by atoms with Gasteiger partial charge in [-0.25, -0.2) is 0 Å². The van der Waals surface area contributed by atoms with Gasteiger partial charge in [-0.2, -0.15) is 11.3 Å². The number of ether oxygens (including phenoxy) is 1. The van der Waals surface area contributed by atoms with Crippen LogP contribution in [0.5, 0.6) is 0 Å². The molecule has 0 saturated heterocycles. The molecular formula is C15H25NOS. The lowest BCUT2D eigenvalue weighted by molar-refractivity contribution is 0.0871. The van der Waals surface area contributed by atoms with Gasteiger partial charge >= 0.3 is 0 Å². The van der Waals surface area contributed by atoms with Crippen LogP contribution in [0.3, 0.4) is 0 Å². The molecule has 2 nitrogen and oxygen atoms in total. The molecule has 1 aliphatic carbocycles. The second kappa shape index (κ2) is 8.68. The molecule has 18 heavy (non-hydrogen) atoms. The Morgan fingerprint density at radius 1 is 1.22 bits per heavy atom. The summed E-state index contributed by atoms with van der Waals surface area (Å²) in [6.45, 7) is 3.88. The third-order valence-electron chi connectivity index (χ3n) is 3.67. The molecule has 1 N–H and O–H groups in total. The lowest BCUT2D eigenvalue weighted by atomic mass is 9.90. The predicted molar refractivity (Wildman–Crippen MR) is 78.3 cm³/mol. The predicted octanol–water partition coefficient (Wildman–Crippen LogP) is 3.48. The molecule has 0 aromatic carbocycles. The smallest absolute Gasteiger partial charge is 0.0591 e. The monoisotopic (exact) mass is 267 g/mol. The first-order valence-electron chi connectivity index (χ1n) is 7.24. The molecule has 0 atom stereocenters. The van der Waals surface area contributed by atoms with Gasteiger partial charge in [0.15, 0.2) is 0 Å². The first-order valence-corrected chi connectivity index (χ1v) is 8.19. The molecular weight excluding hydrogens is 242 g/mol. The minimum absolute atomic E-state index is 0.838. The summed E-state index contributed by atoms with van der Waals surface area (Å²) in [5.41, 5.74) is 1.44. The van der Waals surface area contributed by atoms with Crippen LogP contribution in [-0.2, 0) is 11.2 Å². The molecule has 1 heterocycles. The van der Waals surface area contributed by atoms with Crippen molar-refractivity contribution in [3.63, 3.8) is 0 Å². The zero-order valence-corrected chi connectivity index (χ0v) is 12.0. The maximum absolute atomic E-state index is 5.75. The highest BCUT2D eigenvalue weighted by Gasteiger charge is 2.12. The van der Waals surface area contributed by atoms with Crippen LogP contribution < -0.4 is 5.32 Å². The lowest BCUT2D eigenvalue weighted by Gasteiger charge is -2.21. The van der Waals surface area contributed by atoms with Gasteiger partial charge in [0.25, 0.3) is 0 Å². The molecule has 1 aliphatic rings. The average Bonchev–Trinajstić information content (AvgIpc) is 2.92. The molecule has 1 fully saturated rings. The Morgan fingerprint density at radius 3 is 2.89 bits per heavy atom. The molecule has 0 radical (unpaired) electrons. The van der Waals surface area contributed by atoms with Gasteiger partial charge < -0.3 is 10.1 Å². The Bertz CT molecular complexity index is 293. The molecule has 1 aromatic heterocycles. The number of rotatable bonds is 8. The minimum Gasteiger partial charge on any atom is -0.380 e. The van der Waals surface area contributed by atoms with E-state index >= 15 is 0 Å². The van der Waals surface area contributed by atoms with E-state index < -0.39 is 0 Å². The number of thiophene rings is 1. The van der Waals surface area contributed by atoms with Crippen LogP contribution in [0.4, 0.5) is 0 Å². The quantitative estimate of drug-likeness (QED) is 0.728. The lowest BCUT2D eigenvalue weighted by Crippen LogP contribution is -2.23. The first kappa shape index (κ1) is 14.0. The van der Waals surface area contributed by atoms with Crippen LogP contribution in [0, 0.1) is 5.92 Å². The van der Waals surface area contributed by atoms with Crippen LogP contribution >= 0.6 is 11.3 Å². The Morgan fingerprint density at radius 2 is 2.11 bits per heavy atom. The normalized spacial score (nSPS) is 17.1. The van der Waals surface area contributed by atoms with E-state index in [2.05, 4.69) is 22.1 Å². The van der Waals surface area contributed by atoms with Gasteiger partial charge in [-0.15, -0.1) is 0 Å². The number of nitrogens with one attached hydrogen (secondary N) is 1. The molecule has 2 rings (SSSR count). The largest absolute Gasteiger partial charge is 0.380 e. The van der Waals surface area contributed by atoms with E-state index in [0.717, 1.165) is 38.6 Å². The third kappa shape index (κ3) is 5.51. The Hall–Kier alpha value is -0.380. The van der Waals surface area contributed by atoms with Crippen LogP contribution in [0.2, 0.25) is 0 Å². The van der Waals surface area contributed by atoms with Gasteiger partial charge in [-0.3, -0.25) is 0 Å². The molecule has 0 aliphatic heterocycles. The number of hydrogen-bond acceptors (Lipinski definition) is 3. The zero-order valence-electron chi connectivity index (χ0n) is 11.2. The van der Waals surface area contributed by atoms with Gasteiger partial charge in [0.05, 0.1) is 6.61 Å². The van der Waals surface area contributed by atoms with Gasteiger partial charge in [0.2, 0.25) is 0 Å². The molecule has 3 heteroatoms. The molecule has 0 bridgehead atoms. The van der Waals surface area contributed by atoms with E-state index in [1.54, 1.807) is 11.3 Å². The van der Waals surface area contributed by atoms with Crippen molar-refractivity contribution in [2.24, 2.45) is 5.92 Å². The minimum atomic E-state index is 0.838. The highest BCUT2D eigenvalue weighted by molar-refractivity contribution is 7.07. The van der Waals surface area contributed by atoms with Crippen LogP contribution in [0.1, 0.15) is 37.7 Å². The summed E-state index contributed by atoms with van der Waals surface area (Å²) in [5.74, 6) is 0.838. The van der Waals surface area contributed by atoms with Crippen molar-refractivity contribution in [1.82, 2.24) is 5.32 Å². The molecule has 0 spiro atoms. The molecule has 1 saturated carbocycles. The summed E-state index contributed by atoms with van der Waals surface area (Å²) >= 11 is 1.77. The summed E-state index contributed by atoms with van der Waals surface area (Å²) in [6, 6.07) is 2.20. The van der Waals surface area contributed by atoms with Gasteiger partial charge in [0.1, 0.15) is 0 Å². The average molecular weight is 267 g/mol. The molecule has 1 aromatic rings. The zero-order chi connectivity index (χ0) is 12.5. The fourth-order valence-corrected chi connectivity index (χ4v) is 3.24. The summed E-state index contributed by atoms with van der Waals surface area (Å²) in [6.07, 6.45) is 8.14. The van der Waals surface area contributed by atoms with Crippen molar-refractivity contribution >= 4 is 11.3 Å². The maximum atomic E-state index is 5.75. The van der Waals surface area contributed by atoms with E-state index in [4.69, 9.17) is 4.74 Å². The van der Waals surface area contributed by atoms with E-state index in [0.29, 0.717) is 0 Å². The van der Waals surface area contributed by atoms with Gasteiger partial charge in [-0.05, 0) is 54.1 Å². The fourth-order valence-electron chi connectivity index (χ4n) is 2.54. The van der Waals surface area contributed by atoms with Gasteiger partial charge in [-0.1, -0.05) is 19.3 Å². The maximum Gasteiger partial charge on any atom is 0.0591 e. The fraction of sp³-hybridized carbons (Fsp3) is 0.733.